The summed E-state index contributed by atoms with van der Waals surface area (Å²) in [4.78, 5) is 0.00530. The Balaban J connectivity index is 0.00000220. The third-order valence-corrected chi connectivity index (χ3v) is 7.37. The van der Waals surface area contributed by atoms with Crippen LogP contribution in [0.3, 0.4) is 0 Å². The molecule has 3 unspecified atom stereocenters. The van der Waals surface area contributed by atoms with Crippen LogP contribution in [0.1, 0.15) is 40.0 Å². The lowest BCUT2D eigenvalue weighted by atomic mass is 9.62. The molecular formula is C17H35ClI2N2. The highest BCUT2D eigenvalue weighted by molar-refractivity contribution is 6.25. The Labute approximate surface area is 177 Å². The quantitative estimate of drug-likeness (QED) is 0.202. The lowest BCUT2D eigenvalue weighted by molar-refractivity contribution is -0.930. The molecule has 3 atom stereocenters. The molecule has 1 heterocycles. The molecule has 0 amide bonds. The van der Waals surface area contributed by atoms with Crippen molar-refractivity contribution in [1.82, 2.24) is 0 Å². The summed E-state index contributed by atoms with van der Waals surface area (Å²) in [6.07, 6.45) is 3.79. The van der Waals surface area contributed by atoms with Crippen LogP contribution in [0, 0.1) is 10.8 Å². The van der Waals surface area contributed by atoms with Crippen molar-refractivity contribution < 1.29 is 56.9 Å². The second-order valence-electron chi connectivity index (χ2n) is 9.68. The van der Waals surface area contributed by atoms with E-state index in [-0.39, 0.29) is 58.2 Å². The monoisotopic (exact) mass is 556 g/mol. The maximum Gasteiger partial charge on any atom is 0.0992 e. The lowest BCUT2D eigenvalue weighted by Crippen LogP contribution is -3.00. The number of rotatable bonds is 4. The summed E-state index contributed by atoms with van der Waals surface area (Å²) >= 11 is 7.12. The van der Waals surface area contributed by atoms with Crippen LogP contribution in [0.25, 0.3) is 0 Å². The van der Waals surface area contributed by atoms with Gasteiger partial charge >= 0.3 is 0 Å². The molecule has 0 aromatic carbocycles. The van der Waals surface area contributed by atoms with Crippen LogP contribution in [0.2, 0.25) is 0 Å². The van der Waals surface area contributed by atoms with Crippen molar-refractivity contribution in [1.29, 1.82) is 0 Å². The van der Waals surface area contributed by atoms with E-state index in [0.29, 0.717) is 5.41 Å². The number of piperidine rings is 1. The number of quaternary nitrogens is 2. The van der Waals surface area contributed by atoms with Crippen LogP contribution in [0.5, 0.6) is 0 Å². The second-order valence-corrected chi connectivity index (χ2v) is 10.4. The van der Waals surface area contributed by atoms with Gasteiger partial charge in [0.2, 0.25) is 0 Å². The number of likely N-dealkylation sites (tertiary alicyclic amines) is 1. The van der Waals surface area contributed by atoms with Gasteiger partial charge in [-0.15, -0.1) is 11.6 Å². The summed E-state index contributed by atoms with van der Waals surface area (Å²) in [6.45, 7) is 12.3. The van der Waals surface area contributed by atoms with Gasteiger partial charge < -0.3 is 56.9 Å². The van der Waals surface area contributed by atoms with E-state index in [4.69, 9.17) is 11.6 Å². The first-order valence-electron chi connectivity index (χ1n) is 8.16. The van der Waals surface area contributed by atoms with E-state index in [9.17, 15) is 0 Å². The minimum Gasteiger partial charge on any atom is -1.00 e. The average molecular weight is 557 g/mol. The summed E-state index contributed by atoms with van der Waals surface area (Å²) in [5, 5.41) is 0. The number of hydrogen-bond acceptors (Lipinski definition) is 0. The highest BCUT2D eigenvalue weighted by atomic mass is 127. The maximum atomic E-state index is 7.12. The molecular weight excluding hydrogens is 521 g/mol. The molecule has 1 aliphatic carbocycles. The third-order valence-electron chi connectivity index (χ3n) is 6.59. The first-order valence-corrected chi connectivity index (χ1v) is 8.53. The van der Waals surface area contributed by atoms with E-state index < -0.39 is 0 Å². The van der Waals surface area contributed by atoms with Crippen LogP contribution < -0.4 is 48.0 Å². The summed E-state index contributed by atoms with van der Waals surface area (Å²) in [7, 11) is 9.29. The van der Waals surface area contributed by atoms with E-state index in [0.717, 1.165) is 11.0 Å². The van der Waals surface area contributed by atoms with Gasteiger partial charge in [-0.1, -0.05) is 20.8 Å². The van der Waals surface area contributed by atoms with E-state index in [1.54, 1.807) is 0 Å². The van der Waals surface area contributed by atoms with Crippen molar-refractivity contribution in [3.05, 3.63) is 0 Å². The summed E-state index contributed by atoms with van der Waals surface area (Å²) in [6, 6.07) is 0. The number of hydrogen-bond donors (Lipinski definition) is 0. The number of halogens is 3. The molecule has 0 aromatic heterocycles. The fourth-order valence-electron chi connectivity index (χ4n) is 4.78. The normalized spacial score (nSPS) is 39.8. The highest BCUT2D eigenvalue weighted by Crippen LogP contribution is 2.64. The van der Waals surface area contributed by atoms with Crippen LogP contribution in [0.15, 0.2) is 0 Å². The SMILES string of the molecule is CC12CCC(Cl)(C[N+](C)(CCC[N+](C)(C)C)C1)C2(C)C.[I-].[I-]. The van der Waals surface area contributed by atoms with Gasteiger partial charge in [0, 0.05) is 17.3 Å². The minimum atomic E-state index is 0. The summed E-state index contributed by atoms with van der Waals surface area (Å²) < 4.78 is 2.23. The molecule has 1 aliphatic heterocycles. The van der Waals surface area contributed by atoms with Gasteiger partial charge in [-0.25, -0.2) is 0 Å². The Hall–Kier alpha value is 1.67. The number of fused-ring (bicyclic) bond motifs is 2. The zero-order valence-corrected chi connectivity index (χ0v) is 20.5. The van der Waals surface area contributed by atoms with Crippen LogP contribution in [-0.2, 0) is 0 Å². The molecule has 2 bridgehead atoms. The van der Waals surface area contributed by atoms with Crippen LogP contribution in [0.4, 0.5) is 0 Å². The Morgan fingerprint density at radius 1 is 1.00 bits per heavy atom. The van der Waals surface area contributed by atoms with Gasteiger partial charge in [0.05, 0.1) is 59.2 Å². The van der Waals surface area contributed by atoms with Crippen LogP contribution in [-0.4, -0.2) is 68.2 Å². The molecule has 134 valence electrons. The van der Waals surface area contributed by atoms with Crippen molar-refractivity contribution in [3.8, 4) is 0 Å². The van der Waals surface area contributed by atoms with Gasteiger partial charge in [-0.05, 0) is 12.8 Å². The average Bonchev–Trinajstić information content (AvgIpc) is 2.34. The van der Waals surface area contributed by atoms with Gasteiger partial charge in [-0.3, -0.25) is 0 Å². The van der Waals surface area contributed by atoms with E-state index >= 15 is 0 Å². The maximum absolute atomic E-state index is 7.12. The van der Waals surface area contributed by atoms with Gasteiger partial charge in [-0.2, -0.15) is 0 Å². The first-order chi connectivity index (χ1) is 8.83. The predicted molar refractivity (Wildman–Crippen MR) is 88.0 cm³/mol. The summed E-state index contributed by atoms with van der Waals surface area (Å²) in [5.41, 5.74) is 0.664. The number of nitrogens with zero attached hydrogens (tertiary/aromatic N) is 2. The van der Waals surface area contributed by atoms with Crippen molar-refractivity contribution in [2.45, 2.75) is 44.9 Å². The van der Waals surface area contributed by atoms with Crippen LogP contribution >= 0.6 is 11.6 Å². The zero-order valence-electron chi connectivity index (χ0n) is 15.5. The fourth-order valence-corrected chi connectivity index (χ4v) is 5.39. The predicted octanol–water partition coefficient (Wildman–Crippen LogP) is -2.65. The summed E-state index contributed by atoms with van der Waals surface area (Å²) in [5.74, 6) is 0. The molecule has 0 aromatic rings. The Morgan fingerprint density at radius 3 is 2.00 bits per heavy atom. The van der Waals surface area contributed by atoms with E-state index in [1.165, 1.54) is 43.4 Å². The topological polar surface area (TPSA) is 0 Å². The molecule has 2 rings (SSSR count). The zero-order chi connectivity index (χ0) is 15.4. The molecule has 0 spiro atoms. The van der Waals surface area contributed by atoms with E-state index in [1.807, 2.05) is 0 Å². The molecule has 2 aliphatic rings. The molecule has 0 N–H and O–H groups in total. The van der Waals surface area contributed by atoms with Crippen molar-refractivity contribution in [3.63, 3.8) is 0 Å². The smallest absolute Gasteiger partial charge is 0.0992 e. The van der Waals surface area contributed by atoms with Gasteiger partial charge in [0.1, 0.15) is 0 Å². The Bertz CT molecular complexity index is 373. The molecule has 1 saturated carbocycles. The molecule has 2 nitrogen and oxygen atoms in total. The van der Waals surface area contributed by atoms with Crippen molar-refractivity contribution >= 4 is 11.6 Å². The molecule has 22 heavy (non-hydrogen) atoms. The molecule has 2 fully saturated rings. The lowest BCUT2D eigenvalue weighted by Gasteiger charge is -2.57. The highest BCUT2D eigenvalue weighted by Gasteiger charge is 2.67. The minimum absolute atomic E-state index is 0. The fraction of sp³-hybridized carbons (Fsp3) is 1.00. The molecule has 1 saturated heterocycles. The Morgan fingerprint density at radius 2 is 1.55 bits per heavy atom. The molecule has 5 heteroatoms. The van der Waals surface area contributed by atoms with Gasteiger partial charge in [0.15, 0.2) is 0 Å². The largest absolute Gasteiger partial charge is 1.00 e. The standard InChI is InChI=1S/C17H35ClN2.2HI/c1-15(2)16(3)9-10-17(15,18)14-20(7,13-16)12-8-11-19(4,5)6;;/h8-14H2,1-7H3;2*1H/q+2;;/p-2. The second kappa shape index (κ2) is 7.12. The van der Waals surface area contributed by atoms with E-state index in [2.05, 4.69) is 49.0 Å². The molecule has 0 radical (unpaired) electrons. The third kappa shape index (κ3) is 4.25. The first kappa shape index (κ1) is 23.7. The Kier molecular flexibility index (Phi) is 7.66. The number of alkyl halides is 1. The van der Waals surface area contributed by atoms with Crippen molar-refractivity contribution in [2.75, 3.05) is 54.4 Å². The van der Waals surface area contributed by atoms with Gasteiger partial charge in [0.25, 0.3) is 0 Å². The van der Waals surface area contributed by atoms with Crippen molar-refractivity contribution in [2.24, 2.45) is 10.8 Å².